The van der Waals surface area contributed by atoms with Crippen LogP contribution in [0.3, 0.4) is 0 Å². The molecule has 1 aliphatic rings. The molecule has 3 nitrogen and oxygen atoms in total. The van der Waals surface area contributed by atoms with Crippen LogP contribution in [-0.4, -0.2) is 30.6 Å². The topological polar surface area (TPSA) is 28.4 Å². The second-order valence-corrected chi connectivity index (χ2v) is 5.01. The van der Waals surface area contributed by atoms with Crippen LogP contribution in [0.2, 0.25) is 0 Å². The van der Waals surface area contributed by atoms with Crippen molar-refractivity contribution >= 4 is 0 Å². The maximum Gasteiger partial charge on any atom is 0.117 e. The number of nitrogens with one attached hydrogen (secondary N) is 1. The highest BCUT2D eigenvalue weighted by atomic mass is 16.3. The summed E-state index contributed by atoms with van der Waals surface area (Å²) in [5, 5.41) is 3.59. The van der Waals surface area contributed by atoms with Crippen molar-refractivity contribution in [2.45, 2.75) is 45.7 Å². The van der Waals surface area contributed by atoms with Gasteiger partial charge in [-0.05, 0) is 58.0 Å². The fourth-order valence-corrected chi connectivity index (χ4v) is 2.50. The summed E-state index contributed by atoms with van der Waals surface area (Å²) in [4.78, 5) is 2.56. The molecule has 0 amide bonds. The molecule has 0 aromatic carbocycles. The summed E-state index contributed by atoms with van der Waals surface area (Å²) in [6.07, 6.45) is 3.79. The number of likely N-dealkylation sites (tertiary alicyclic amines) is 1. The Hall–Kier alpha value is -0.800. The van der Waals surface area contributed by atoms with Gasteiger partial charge in [0.1, 0.15) is 11.5 Å². The van der Waals surface area contributed by atoms with Crippen LogP contribution in [0.1, 0.15) is 37.7 Å². The minimum absolute atomic E-state index is 0.661. The van der Waals surface area contributed by atoms with Crippen LogP contribution >= 0.6 is 0 Å². The zero-order chi connectivity index (χ0) is 12.1. The van der Waals surface area contributed by atoms with Crippen molar-refractivity contribution in [3.05, 3.63) is 23.7 Å². The molecule has 0 aliphatic carbocycles. The van der Waals surface area contributed by atoms with Crippen molar-refractivity contribution in [2.24, 2.45) is 0 Å². The Kier molecular flexibility index (Phi) is 4.63. The quantitative estimate of drug-likeness (QED) is 0.851. The normalized spacial score (nSPS) is 18.7. The predicted molar refractivity (Wildman–Crippen MR) is 70.0 cm³/mol. The van der Waals surface area contributed by atoms with E-state index >= 15 is 0 Å². The maximum atomic E-state index is 5.56. The lowest BCUT2D eigenvalue weighted by molar-refractivity contribution is 0.196. The van der Waals surface area contributed by atoms with E-state index in [2.05, 4.69) is 23.2 Å². The van der Waals surface area contributed by atoms with E-state index in [1.54, 1.807) is 0 Å². The molecule has 0 spiro atoms. The molecule has 1 aromatic heterocycles. The van der Waals surface area contributed by atoms with Crippen LogP contribution in [0, 0.1) is 6.92 Å². The summed E-state index contributed by atoms with van der Waals surface area (Å²) < 4.78 is 5.56. The van der Waals surface area contributed by atoms with Gasteiger partial charge in [-0.2, -0.15) is 0 Å². The van der Waals surface area contributed by atoms with Crippen molar-refractivity contribution in [3.63, 3.8) is 0 Å². The number of nitrogens with zero attached hydrogens (tertiary/aromatic N) is 1. The van der Waals surface area contributed by atoms with E-state index in [4.69, 9.17) is 4.42 Å². The molecule has 3 heteroatoms. The Bertz CT molecular complexity index is 327. The van der Waals surface area contributed by atoms with E-state index in [-0.39, 0.29) is 0 Å². The lowest BCUT2D eigenvalue weighted by Gasteiger charge is -2.32. The first-order valence-corrected chi connectivity index (χ1v) is 6.79. The molecule has 0 atom stereocenters. The van der Waals surface area contributed by atoms with Crippen molar-refractivity contribution in [3.8, 4) is 0 Å². The van der Waals surface area contributed by atoms with Crippen LogP contribution in [0.25, 0.3) is 0 Å². The Balaban J connectivity index is 1.68. The standard InChI is InChI=1S/C14H24N2O/c1-3-8-16-9-6-13(7-10-16)15-11-14-5-4-12(2)17-14/h4-5,13,15H,3,6-11H2,1-2H3. The molecular formula is C14H24N2O. The second kappa shape index (κ2) is 6.22. The SMILES string of the molecule is CCCN1CCC(NCc2ccc(C)o2)CC1. The van der Waals surface area contributed by atoms with Gasteiger partial charge in [0, 0.05) is 6.04 Å². The summed E-state index contributed by atoms with van der Waals surface area (Å²) in [5.41, 5.74) is 0. The number of furan rings is 1. The fraction of sp³-hybridized carbons (Fsp3) is 0.714. The molecule has 0 radical (unpaired) electrons. The van der Waals surface area contributed by atoms with Crippen molar-refractivity contribution in [2.75, 3.05) is 19.6 Å². The van der Waals surface area contributed by atoms with E-state index in [9.17, 15) is 0 Å². The van der Waals surface area contributed by atoms with Crippen molar-refractivity contribution < 1.29 is 4.42 Å². The minimum Gasteiger partial charge on any atom is -0.465 e. The number of aryl methyl sites for hydroxylation is 1. The lowest BCUT2D eigenvalue weighted by Crippen LogP contribution is -2.42. The smallest absolute Gasteiger partial charge is 0.117 e. The third kappa shape index (κ3) is 3.86. The van der Waals surface area contributed by atoms with E-state index in [1.165, 1.54) is 38.9 Å². The molecule has 2 rings (SSSR count). The Labute approximate surface area is 104 Å². The molecule has 2 heterocycles. The van der Waals surface area contributed by atoms with E-state index < -0.39 is 0 Å². The second-order valence-electron chi connectivity index (χ2n) is 5.01. The molecule has 0 saturated carbocycles. The highest BCUT2D eigenvalue weighted by molar-refractivity contribution is 5.05. The van der Waals surface area contributed by atoms with Gasteiger partial charge in [-0.15, -0.1) is 0 Å². The van der Waals surface area contributed by atoms with Crippen LogP contribution < -0.4 is 5.32 Å². The Morgan fingerprint density at radius 3 is 2.71 bits per heavy atom. The van der Waals surface area contributed by atoms with Gasteiger partial charge in [0.05, 0.1) is 6.54 Å². The zero-order valence-corrected chi connectivity index (χ0v) is 11.0. The van der Waals surface area contributed by atoms with Crippen LogP contribution in [0.4, 0.5) is 0 Å². The van der Waals surface area contributed by atoms with Gasteiger partial charge in [0.25, 0.3) is 0 Å². The fourth-order valence-electron chi connectivity index (χ4n) is 2.50. The molecule has 1 N–H and O–H groups in total. The van der Waals surface area contributed by atoms with E-state index in [1.807, 2.05) is 13.0 Å². The van der Waals surface area contributed by atoms with Crippen LogP contribution in [0.15, 0.2) is 16.5 Å². The van der Waals surface area contributed by atoms with E-state index in [0.29, 0.717) is 6.04 Å². The summed E-state index contributed by atoms with van der Waals surface area (Å²) in [6.45, 7) is 8.85. The van der Waals surface area contributed by atoms with Gasteiger partial charge in [0.15, 0.2) is 0 Å². The van der Waals surface area contributed by atoms with Crippen LogP contribution in [0.5, 0.6) is 0 Å². The minimum atomic E-state index is 0.661. The summed E-state index contributed by atoms with van der Waals surface area (Å²) in [7, 11) is 0. The average Bonchev–Trinajstić information content (AvgIpc) is 2.75. The third-order valence-electron chi connectivity index (χ3n) is 3.49. The predicted octanol–water partition coefficient (Wildman–Crippen LogP) is 2.55. The number of hydrogen-bond donors (Lipinski definition) is 1. The highest BCUT2D eigenvalue weighted by Gasteiger charge is 2.18. The first-order valence-electron chi connectivity index (χ1n) is 6.79. The van der Waals surface area contributed by atoms with Gasteiger partial charge in [-0.25, -0.2) is 0 Å². The average molecular weight is 236 g/mol. The van der Waals surface area contributed by atoms with Gasteiger partial charge in [-0.1, -0.05) is 6.92 Å². The molecule has 17 heavy (non-hydrogen) atoms. The first-order chi connectivity index (χ1) is 8.28. The highest BCUT2D eigenvalue weighted by Crippen LogP contribution is 2.12. The maximum absolute atomic E-state index is 5.56. The summed E-state index contributed by atoms with van der Waals surface area (Å²) >= 11 is 0. The monoisotopic (exact) mass is 236 g/mol. The zero-order valence-electron chi connectivity index (χ0n) is 11.0. The summed E-state index contributed by atoms with van der Waals surface area (Å²) in [6, 6.07) is 4.75. The van der Waals surface area contributed by atoms with Crippen LogP contribution in [-0.2, 0) is 6.54 Å². The molecule has 0 unspecified atom stereocenters. The number of hydrogen-bond acceptors (Lipinski definition) is 3. The molecule has 1 aromatic rings. The molecule has 1 saturated heterocycles. The Morgan fingerprint density at radius 1 is 1.35 bits per heavy atom. The number of rotatable bonds is 5. The molecule has 1 fully saturated rings. The lowest BCUT2D eigenvalue weighted by atomic mass is 10.0. The van der Waals surface area contributed by atoms with Gasteiger partial charge >= 0.3 is 0 Å². The largest absolute Gasteiger partial charge is 0.465 e. The number of piperidine rings is 1. The van der Waals surface area contributed by atoms with Crippen molar-refractivity contribution in [1.82, 2.24) is 10.2 Å². The molecule has 1 aliphatic heterocycles. The van der Waals surface area contributed by atoms with Gasteiger partial charge in [-0.3, -0.25) is 0 Å². The molecule has 96 valence electrons. The molecular weight excluding hydrogens is 212 g/mol. The summed E-state index contributed by atoms with van der Waals surface area (Å²) in [5.74, 6) is 2.05. The molecule has 0 bridgehead atoms. The van der Waals surface area contributed by atoms with Gasteiger partial charge in [0.2, 0.25) is 0 Å². The first kappa shape index (κ1) is 12.7. The third-order valence-corrected chi connectivity index (χ3v) is 3.49. The Morgan fingerprint density at radius 2 is 2.12 bits per heavy atom. The van der Waals surface area contributed by atoms with E-state index in [0.717, 1.165) is 18.1 Å². The van der Waals surface area contributed by atoms with Gasteiger partial charge < -0.3 is 14.6 Å². The van der Waals surface area contributed by atoms with Crippen molar-refractivity contribution in [1.29, 1.82) is 0 Å².